The SMILES string of the molecule is CCCCC(CC)Cn1c(=O)c2cc(Br)c3oc4c(c5c(Br)cc(c1=O)c2c35)=CCCC=4. The summed E-state index contributed by atoms with van der Waals surface area (Å²) >= 11 is 7.38. The van der Waals surface area contributed by atoms with Crippen LogP contribution in [0.2, 0.25) is 0 Å². The molecule has 2 aromatic carbocycles. The fourth-order valence-electron chi connectivity index (χ4n) is 5.05. The van der Waals surface area contributed by atoms with Gasteiger partial charge in [-0.3, -0.25) is 14.2 Å². The summed E-state index contributed by atoms with van der Waals surface area (Å²) in [5.41, 5.74) is 1.09. The molecule has 2 aromatic heterocycles. The number of halogens is 2. The third-order valence-electron chi connectivity index (χ3n) is 6.79. The fraction of sp³-hybridized carbons (Fsp3) is 0.385. The number of aromatic nitrogens is 1. The van der Waals surface area contributed by atoms with Crippen LogP contribution in [0.25, 0.3) is 44.7 Å². The minimum absolute atomic E-state index is 0.211. The standard InChI is InChI=1S/C26H25Br2NO3/c1-3-5-8-14(4-2)13-29-25(30)16-11-18(27)22-15-9-6-7-10-20(15)32-24-19(28)12-17(26(29)31)21(16)23(22)24/h9-12,14H,3-8,13H2,1-2H3. The van der Waals surface area contributed by atoms with Crippen LogP contribution in [0.3, 0.4) is 0 Å². The monoisotopic (exact) mass is 557 g/mol. The lowest BCUT2D eigenvalue weighted by molar-refractivity contribution is 0.382. The molecule has 0 saturated carbocycles. The molecule has 5 rings (SSSR count). The summed E-state index contributed by atoms with van der Waals surface area (Å²) in [6, 6.07) is 3.72. The van der Waals surface area contributed by atoms with Gasteiger partial charge in [0.25, 0.3) is 11.1 Å². The lowest BCUT2D eigenvalue weighted by Gasteiger charge is -2.19. The van der Waals surface area contributed by atoms with Gasteiger partial charge in [0.05, 0.1) is 9.86 Å². The molecule has 0 N–H and O–H groups in total. The maximum atomic E-state index is 13.6. The second-order valence-corrected chi connectivity index (χ2v) is 10.5. The average Bonchev–Trinajstić information content (AvgIpc) is 2.80. The Labute approximate surface area is 202 Å². The summed E-state index contributed by atoms with van der Waals surface area (Å²) in [6.07, 6.45) is 10.3. The zero-order chi connectivity index (χ0) is 22.6. The topological polar surface area (TPSA) is 52.2 Å². The highest BCUT2D eigenvalue weighted by molar-refractivity contribution is 9.11. The molecule has 0 saturated heterocycles. The van der Waals surface area contributed by atoms with Gasteiger partial charge < -0.3 is 4.42 Å². The maximum absolute atomic E-state index is 13.6. The molecule has 1 atom stereocenters. The van der Waals surface area contributed by atoms with Gasteiger partial charge in [0, 0.05) is 37.8 Å². The summed E-state index contributed by atoms with van der Waals surface area (Å²) < 4.78 is 9.33. The Morgan fingerprint density at radius 2 is 1.66 bits per heavy atom. The van der Waals surface area contributed by atoms with Crippen molar-refractivity contribution in [3.63, 3.8) is 0 Å². The molecule has 1 unspecified atom stereocenters. The van der Waals surface area contributed by atoms with Crippen LogP contribution in [0.4, 0.5) is 0 Å². The van der Waals surface area contributed by atoms with E-state index in [0.29, 0.717) is 34.2 Å². The van der Waals surface area contributed by atoms with Crippen LogP contribution in [-0.2, 0) is 6.54 Å². The molecule has 6 heteroatoms. The first-order valence-electron chi connectivity index (χ1n) is 11.4. The van der Waals surface area contributed by atoms with Crippen LogP contribution in [0.15, 0.2) is 35.1 Å². The van der Waals surface area contributed by atoms with E-state index >= 15 is 0 Å². The average molecular weight is 559 g/mol. The number of nitrogens with zero attached hydrogens (tertiary/aromatic N) is 1. The Morgan fingerprint density at radius 3 is 2.34 bits per heavy atom. The zero-order valence-electron chi connectivity index (χ0n) is 18.3. The molecule has 0 spiro atoms. The smallest absolute Gasteiger partial charge is 0.261 e. The molecule has 32 heavy (non-hydrogen) atoms. The molecule has 0 fully saturated rings. The van der Waals surface area contributed by atoms with Gasteiger partial charge >= 0.3 is 0 Å². The lowest BCUT2D eigenvalue weighted by Crippen LogP contribution is -2.36. The second kappa shape index (κ2) is 8.45. The van der Waals surface area contributed by atoms with Crippen LogP contribution in [0, 0.1) is 5.92 Å². The van der Waals surface area contributed by atoms with Crippen molar-refractivity contribution in [3.8, 4) is 0 Å². The minimum Gasteiger partial charge on any atom is -0.455 e. The van der Waals surface area contributed by atoms with E-state index in [1.165, 1.54) is 4.57 Å². The van der Waals surface area contributed by atoms with Gasteiger partial charge in [-0.15, -0.1) is 0 Å². The number of benzene rings is 2. The molecule has 2 heterocycles. The van der Waals surface area contributed by atoms with E-state index < -0.39 is 0 Å². The van der Waals surface area contributed by atoms with Crippen molar-refractivity contribution >= 4 is 76.5 Å². The summed E-state index contributed by atoms with van der Waals surface area (Å²) in [5, 5.41) is 4.71. The number of hydrogen-bond acceptors (Lipinski definition) is 3. The number of pyridine rings is 1. The molecule has 166 valence electrons. The predicted octanol–water partition coefficient (Wildman–Crippen LogP) is 5.80. The minimum atomic E-state index is -0.211. The second-order valence-electron chi connectivity index (χ2n) is 8.77. The van der Waals surface area contributed by atoms with Crippen molar-refractivity contribution in [3.05, 3.63) is 52.4 Å². The number of hydrogen-bond donors (Lipinski definition) is 0. The highest BCUT2D eigenvalue weighted by Crippen LogP contribution is 2.38. The Morgan fingerprint density at radius 1 is 0.969 bits per heavy atom. The van der Waals surface area contributed by atoms with E-state index in [2.05, 4.69) is 57.9 Å². The molecule has 1 aliphatic rings. The molecule has 0 bridgehead atoms. The first-order chi connectivity index (χ1) is 15.5. The van der Waals surface area contributed by atoms with Crippen molar-refractivity contribution in [1.29, 1.82) is 0 Å². The highest BCUT2D eigenvalue weighted by Gasteiger charge is 2.23. The first-order valence-corrected chi connectivity index (χ1v) is 13.0. The Bertz CT molecular complexity index is 1560. The fourth-order valence-corrected chi connectivity index (χ4v) is 6.20. The van der Waals surface area contributed by atoms with E-state index in [0.717, 1.165) is 68.9 Å². The van der Waals surface area contributed by atoms with Crippen molar-refractivity contribution in [1.82, 2.24) is 4.57 Å². The highest BCUT2D eigenvalue weighted by atomic mass is 79.9. The van der Waals surface area contributed by atoms with Gasteiger partial charge in [0.15, 0.2) is 0 Å². The summed E-state index contributed by atoms with van der Waals surface area (Å²) in [7, 11) is 0. The molecular formula is C26H25Br2NO3. The van der Waals surface area contributed by atoms with Crippen LogP contribution < -0.4 is 21.8 Å². The van der Waals surface area contributed by atoms with Crippen LogP contribution in [-0.4, -0.2) is 4.57 Å². The van der Waals surface area contributed by atoms with E-state index in [1.807, 2.05) is 12.1 Å². The Hall–Kier alpha value is -1.92. The van der Waals surface area contributed by atoms with E-state index in [1.54, 1.807) is 0 Å². The van der Waals surface area contributed by atoms with Gasteiger partial charge in [0.1, 0.15) is 11.0 Å². The largest absolute Gasteiger partial charge is 0.455 e. The molecule has 0 amide bonds. The molecule has 0 radical (unpaired) electrons. The molecular weight excluding hydrogens is 534 g/mol. The number of fused-ring (bicyclic) bond motifs is 2. The zero-order valence-corrected chi connectivity index (χ0v) is 21.4. The lowest BCUT2D eigenvalue weighted by atomic mass is 9.95. The van der Waals surface area contributed by atoms with Gasteiger partial charge in [-0.25, -0.2) is 0 Å². The molecule has 1 aliphatic carbocycles. The van der Waals surface area contributed by atoms with Gasteiger partial charge in [0.2, 0.25) is 0 Å². The van der Waals surface area contributed by atoms with Crippen molar-refractivity contribution in [2.75, 3.05) is 0 Å². The van der Waals surface area contributed by atoms with Crippen LogP contribution >= 0.6 is 31.9 Å². The number of rotatable bonds is 6. The molecule has 4 nitrogen and oxygen atoms in total. The van der Waals surface area contributed by atoms with Crippen molar-refractivity contribution in [2.45, 2.75) is 58.9 Å². The van der Waals surface area contributed by atoms with Gasteiger partial charge in [-0.2, -0.15) is 0 Å². The maximum Gasteiger partial charge on any atom is 0.261 e. The molecule has 4 aromatic rings. The molecule has 0 aliphatic heterocycles. The predicted molar refractivity (Wildman–Crippen MR) is 139 cm³/mol. The normalized spacial score (nSPS) is 14.6. The quantitative estimate of drug-likeness (QED) is 0.281. The van der Waals surface area contributed by atoms with Gasteiger partial charge in [-0.05, 0) is 59.3 Å². The summed E-state index contributed by atoms with van der Waals surface area (Å²) in [5.74, 6) is 0.313. The van der Waals surface area contributed by atoms with Crippen molar-refractivity contribution in [2.24, 2.45) is 5.92 Å². The third kappa shape index (κ3) is 3.29. The van der Waals surface area contributed by atoms with Gasteiger partial charge in [-0.1, -0.05) is 55.1 Å². The summed E-state index contributed by atoms with van der Waals surface area (Å²) in [6.45, 7) is 4.76. The van der Waals surface area contributed by atoms with E-state index in [4.69, 9.17) is 4.42 Å². The van der Waals surface area contributed by atoms with Crippen LogP contribution in [0.5, 0.6) is 0 Å². The van der Waals surface area contributed by atoms with Crippen LogP contribution in [0.1, 0.15) is 52.4 Å². The Kier molecular flexibility index (Phi) is 5.79. The van der Waals surface area contributed by atoms with E-state index in [9.17, 15) is 9.59 Å². The number of unbranched alkanes of at least 4 members (excludes halogenated alkanes) is 1. The Balaban J connectivity index is 1.91. The van der Waals surface area contributed by atoms with Crippen molar-refractivity contribution < 1.29 is 4.42 Å². The third-order valence-corrected chi connectivity index (χ3v) is 8.00. The van der Waals surface area contributed by atoms with E-state index in [-0.39, 0.29) is 11.1 Å². The summed E-state index contributed by atoms with van der Waals surface area (Å²) in [4.78, 5) is 27.2. The first kappa shape index (κ1) is 21.9.